The molecule has 0 bridgehead atoms. The van der Waals surface area contributed by atoms with Gasteiger partial charge < -0.3 is 15.0 Å². The van der Waals surface area contributed by atoms with Gasteiger partial charge in [-0.05, 0) is 29.7 Å². The lowest BCUT2D eigenvalue weighted by Gasteiger charge is -2.22. The molecule has 1 aliphatic heterocycles. The van der Waals surface area contributed by atoms with Gasteiger partial charge in [-0.15, -0.1) is 0 Å². The molecule has 2 aromatic rings. The van der Waals surface area contributed by atoms with Crippen LogP contribution in [0.5, 0.6) is 0 Å². The number of ether oxygens (including phenoxy) is 1. The van der Waals surface area contributed by atoms with E-state index in [1.807, 2.05) is 30.3 Å². The van der Waals surface area contributed by atoms with Crippen LogP contribution in [-0.4, -0.2) is 52.3 Å². The van der Waals surface area contributed by atoms with Gasteiger partial charge in [-0.3, -0.25) is 4.99 Å². The molecule has 1 saturated heterocycles. The summed E-state index contributed by atoms with van der Waals surface area (Å²) in [5.41, 5.74) is 2.21. The Kier molecular flexibility index (Phi) is 7.28. The van der Waals surface area contributed by atoms with Crippen molar-refractivity contribution in [3.05, 3.63) is 65.7 Å². The van der Waals surface area contributed by atoms with E-state index in [2.05, 4.69) is 27.3 Å². The van der Waals surface area contributed by atoms with E-state index in [-0.39, 0.29) is 0 Å². The molecular formula is C22H29N3O3S. The monoisotopic (exact) mass is 415 g/mol. The Morgan fingerprint density at radius 3 is 2.52 bits per heavy atom. The Balaban J connectivity index is 1.44. The van der Waals surface area contributed by atoms with Gasteiger partial charge in [0.05, 0.1) is 18.1 Å². The molecule has 0 saturated carbocycles. The third-order valence-electron chi connectivity index (χ3n) is 5.06. The van der Waals surface area contributed by atoms with E-state index in [9.17, 15) is 8.42 Å². The summed E-state index contributed by atoms with van der Waals surface area (Å²) >= 11 is 0. The molecule has 156 valence electrons. The summed E-state index contributed by atoms with van der Waals surface area (Å²) in [7, 11) is -1.38. The summed E-state index contributed by atoms with van der Waals surface area (Å²) < 4.78 is 29.0. The number of guanidine groups is 1. The highest BCUT2D eigenvalue weighted by Crippen LogP contribution is 2.18. The molecule has 3 rings (SSSR count). The van der Waals surface area contributed by atoms with Crippen LogP contribution in [0.1, 0.15) is 17.5 Å². The van der Waals surface area contributed by atoms with E-state index in [0.717, 1.165) is 37.6 Å². The maximum Gasteiger partial charge on any atom is 0.193 e. The summed E-state index contributed by atoms with van der Waals surface area (Å²) in [5.74, 6) is 1.36. The molecule has 29 heavy (non-hydrogen) atoms. The first kappa shape index (κ1) is 21.3. The summed E-state index contributed by atoms with van der Waals surface area (Å²) in [6, 6.07) is 17.2. The number of nitrogens with one attached hydrogen (secondary N) is 1. The minimum absolute atomic E-state index is 0.337. The Hall–Kier alpha value is -2.38. The zero-order valence-corrected chi connectivity index (χ0v) is 17.9. The molecule has 6 nitrogen and oxygen atoms in total. The molecule has 1 atom stereocenters. The summed E-state index contributed by atoms with van der Waals surface area (Å²) in [4.78, 5) is 6.99. The molecule has 2 aromatic carbocycles. The summed E-state index contributed by atoms with van der Waals surface area (Å²) in [6.45, 7) is 3.86. The smallest absolute Gasteiger partial charge is 0.193 e. The minimum atomic E-state index is -3.16. The van der Waals surface area contributed by atoms with Crippen molar-refractivity contribution in [2.24, 2.45) is 10.9 Å². The fourth-order valence-corrected chi connectivity index (χ4v) is 4.08. The van der Waals surface area contributed by atoms with Crippen molar-refractivity contribution in [1.29, 1.82) is 0 Å². The van der Waals surface area contributed by atoms with E-state index in [0.29, 0.717) is 24.0 Å². The molecule has 1 aliphatic rings. The number of aliphatic imine (C=N–C) groups is 1. The first-order valence-corrected chi connectivity index (χ1v) is 11.7. The number of hydrogen-bond donors (Lipinski definition) is 1. The van der Waals surface area contributed by atoms with Crippen LogP contribution in [0.25, 0.3) is 0 Å². The van der Waals surface area contributed by atoms with Crippen LogP contribution >= 0.6 is 0 Å². The maximum atomic E-state index is 11.6. The molecule has 1 fully saturated rings. The predicted octanol–water partition coefficient (Wildman–Crippen LogP) is 2.70. The molecule has 7 heteroatoms. The van der Waals surface area contributed by atoms with Crippen molar-refractivity contribution < 1.29 is 13.2 Å². The van der Waals surface area contributed by atoms with E-state index in [1.165, 1.54) is 11.8 Å². The van der Waals surface area contributed by atoms with Gasteiger partial charge in [-0.25, -0.2) is 8.42 Å². The molecule has 0 amide bonds. The highest BCUT2D eigenvalue weighted by Gasteiger charge is 2.25. The average molecular weight is 416 g/mol. The zero-order chi connectivity index (χ0) is 20.7. The second-order valence-electron chi connectivity index (χ2n) is 7.42. The lowest BCUT2D eigenvalue weighted by molar-refractivity contribution is 0.0906. The van der Waals surface area contributed by atoms with E-state index < -0.39 is 9.84 Å². The standard InChI is InChI=1S/C22H29N3O3S/c1-23-22(24-14-18-8-10-21(11-9-18)29(2,26)27)25-13-12-20(15-25)17-28-16-19-6-4-3-5-7-19/h3-11,20H,12-17H2,1-2H3,(H,23,24). The molecule has 0 aliphatic carbocycles. The van der Waals surface area contributed by atoms with Gasteiger partial charge in [0.15, 0.2) is 15.8 Å². The Morgan fingerprint density at radius 2 is 1.86 bits per heavy atom. The van der Waals surface area contributed by atoms with E-state index >= 15 is 0 Å². The van der Waals surface area contributed by atoms with Crippen molar-refractivity contribution in [3.8, 4) is 0 Å². The minimum Gasteiger partial charge on any atom is -0.376 e. The fourth-order valence-electron chi connectivity index (χ4n) is 3.45. The van der Waals surface area contributed by atoms with Crippen LogP contribution in [0.4, 0.5) is 0 Å². The van der Waals surface area contributed by atoms with E-state index in [4.69, 9.17) is 4.74 Å². The number of likely N-dealkylation sites (tertiary alicyclic amines) is 1. The number of sulfone groups is 1. The lowest BCUT2D eigenvalue weighted by atomic mass is 10.1. The first-order chi connectivity index (χ1) is 14.0. The normalized spacial score (nSPS) is 17.5. The first-order valence-electron chi connectivity index (χ1n) is 9.82. The van der Waals surface area contributed by atoms with Crippen molar-refractivity contribution in [3.63, 3.8) is 0 Å². The van der Waals surface area contributed by atoms with Crippen LogP contribution in [0.2, 0.25) is 0 Å². The molecule has 1 heterocycles. The second kappa shape index (κ2) is 9.89. The largest absolute Gasteiger partial charge is 0.376 e. The highest BCUT2D eigenvalue weighted by molar-refractivity contribution is 7.90. The third kappa shape index (κ3) is 6.30. The number of benzene rings is 2. The van der Waals surface area contributed by atoms with Crippen LogP contribution in [0, 0.1) is 5.92 Å². The fraction of sp³-hybridized carbons (Fsp3) is 0.409. The van der Waals surface area contributed by atoms with Gasteiger partial charge in [0.25, 0.3) is 0 Å². The van der Waals surface area contributed by atoms with Gasteiger partial charge in [0.2, 0.25) is 0 Å². The van der Waals surface area contributed by atoms with Crippen molar-refractivity contribution in [2.75, 3.05) is 33.0 Å². The molecular weight excluding hydrogens is 386 g/mol. The van der Waals surface area contributed by atoms with Crippen molar-refractivity contribution >= 4 is 15.8 Å². The summed E-state index contributed by atoms with van der Waals surface area (Å²) in [5, 5.41) is 3.37. The topological polar surface area (TPSA) is 71.0 Å². The second-order valence-corrected chi connectivity index (χ2v) is 9.43. The predicted molar refractivity (Wildman–Crippen MR) is 116 cm³/mol. The van der Waals surface area contributed by atoms with Gasteiger partial charge in [0.1, 0.15) is 0 Å². The van der Waals surface area contributed by atoms with Crippen LogP contribution < -0.4 is 5.32 Å². The van der Waals surface area contributed by atoms with Gasteiger partial charge in [0, 0.05) is 38.9 Å². The van der Waals surface area contributed by atoms with Crippen molar-refractivity contribution in [1.82, 2.24) is 10.2 Å². The third-order valence-corrected chi connectivity index (χ3v) is 6.19. The van der Waals surface area contributed by atoms with Crippen LogP contribution in [0.15, 0.2) is 64.5 Å². The lowest BCUT2D eigenvalue weighted by Crippen LogP contribution is -2.39. The van der Waals surface area contributed by atoms with Crippen LogP contribution in [0.3, 0.4) is 0 Å². The number of hydrogen-bond acceptors (Lipinski definition) is 4. The van der Waals surface area contributed by atoms with Crippen molar-refractivity contribution in [2.45, 2.75) is 24.5 Å². The Bertz CT molecular complexity index is 912. The molecule has 0 aromatic heterocycles. The molecule has 1 unspecified atom stereocenters. The van der Waals surface area contributed by atoms with E-state index in [1.54, 1.807) is 19.2 Å². The molecule has 1 N–H and O–H groups in total. The van der Waals surface area contributed by atoms with Gasteiger partial charge in [-0.2, -0.15) is 0 Å². The Morgan fingerprint density at radius 1 is 1.14 bits per heavy atom. The van der Waals surface area contributed by atoms with Gasteiger partial charge in [-0.1, -0.05) is 42.5 Å². The molecule has 0 radical (unpaired) electrons. The number of rotatable bonds is 7. The SMILES string of the molecule is CN=C(NCc1ccc(S(C)(=O)=O)cc1)N1CCC(COCc2ccccc2)C1. The molecule has 0 spiro atoms. The highest BCUT2D eigenvalue weighted by atomic mass is 32.2. The quantitative estimate of drug-likeness (QED) is 0.556. The Labute approximate surface area is 173 Å². The maximum absolute atomic E-state index is 11.6. The summed E-state index contributed by atoms with van der Waals surface area (Å²) in [6.07, 6.45) is 2.30. The zero-order valence-electron chi connectivity index (χ0n) is 17.0. The van der Waals surface area contributed by atoms with Crippen LogP contribution in [-0.2, 0) is 27.7 Å². The van der Waals surface area contributed by atoms with Gasteiger partial charge >= 0.3 is 0 Å². The average Bonchev–Trinajstić information content (AvgIpc) is 3.18. The number of nitrogens with zero attached hydrogens (tertiary/aromatic N) is 2.